The van der Waals surface area contributed by atoms with Crippen molar-refractivity contribution in [1.82, 2.24) is 0 Å². The number of hydrogen-bond acceptors (Lipinski definition) is 4. The van der Waals surface area contributed by atoms with E-state index >= 15 is 0 Å². The number of fused-ring (bicyclic) bond motifs is 1. The first kappa shape index (κ1) is 23.3. The number of rotatable bonds is 9. The molecule has 6 rings (SSSR count). The van der Waals surface area contributed by atoms with Gasteiger partial charge >= 0.3 is 11.9 Å². The second-order valence-electron chi connectivity index (χ2n) is 11.5. The Bertz CT molecular complexity index is 850. The van der Waals surface area contributed by atoms with Gasteiger partial charge in [0.2, 0.25) is 0 Å². The maximum absolute atomic E-state index is 13.3. The van der Waals surface area contributed by atoms with Crippen molar-refractivity contribution in [1.29, 1.82) is 0 Å². The molecular formula is C28H39O4P. The fraction of sp³-hybridized carbons (Fsp3) is 0.750. The molecule has 5 aliphatic rings. The normalized spacial score (nSPS) is 31.0. The van der Waals surface area contributed by atoms with Crippen LogP contribution in [0.4, 0.5) is 0 Å². The number of hydrogen-bond donors (Lipinski definition) is 0. The van der Waals surface area contributed by atoms with Gasteiger partial charge in [-0.1, -0.05) is 40.9 Å². The Morgan fingerprint density at radius 2 is 1.39 bits per heavy atom. The van der Waals surface area contributed by atoms with E-state index in [0.29, 0.717) is 31.5 Å². The zero-order chi connectivity index (χ0) is 23.1. The first-order valence-corrected chi connectivity index (χ1v) is 14.3. The average Bonchev–Trinajstić information content (AvgIpc) is 3.19. The van der Waals surface area contributed by atoms with Gasteiger partial charge in [-0.2, -0.15) is 0 Å². The molecule has 33 heavy (non-hydrogen) atoms. The highest BCUT2D eigenvalue weighted by atomic mass is 31.0. The van der Waals surface area contributed by atoms with Crippen LogP contribution in [-0.2, 0) is 37.3 Å². The van der Waals surface area contributed by atoms with Gasteiger partial charge in [-0.25, -0.2) is 0 Å². The molecule has 5 aliphatic carbocycles. The van der Waals surface area contributed by atoms with Crippen LogP contribution in [-0.4, -0.2) is 25.2 Å². The third kappa shape index (κ3) is 4.26. The van der Waals surface area contributed by atoms with E-state index in [4.69, 9.17) is 9.47 Å². The molecule has 5 heteroatoms. The van der Waals surface area contributed by atoms with E-state index in [-0.39, 0.29) is 11.9 Å². The smallest absolute Gasteiger partial charge is 0.324 e. The standard InChI is InChI=1S/C28H39O4P/c1-3-5-7-31-25(29)28(26(30)32-8-6-4-2)16-22-12-24(33-18-23(22)17-28)27-13-19-9-20(14-27)11-21(10-19)15-27/h12,18-21H,3-11,13-17H2,1-2H3. The lowest BCUT2D eigenvalue weighted by Crippen LogP contribution is -2.48. The largest absolute Gasteiger partial charge is 0.465 e. The van der Waals surface area contributed by atoms with E-state index in [1.165, 1.54) is 52.3 Å². The van der Waals surface area contributed by atoms with Crippen molar-refractivity contribution in [3.8, 4) is 0 Å². The Balaban J connectivity index is 1.40. The minimum absolute atomic E-state index is 0.361. The number of unbranched alkanes of at least 4 members (excludes halogenated alkanes) is 2. The molecule has 1 aromatic heterocycles. The van der Waals surface area contributed by atoms with Crippen LogP contribution in [0.25, 0.3) is 0 Å². The summed E-state index contributed by atoms with van der Waals surface area (Å²) in [5.41, 5.74) is 1.50. The zero-order valence-corrected chi connectivity index (χ0v) is 21.3. The zero-order valence-electron chi connectivity index (χ0n) is 20.4. The van der Waals surface area contributed by atoms with Crippen LogP contribution in [0.2, 0.25) is 0 Å². The van der Waals surface area contributed by atoms with Crippen molar-refractivity contribution in [2.24, 2.45) is 23.2 Å². The van der Waals surface area contributed by atoms with Crippen LogP contribution in [0.5, 0.6) is 0 Å². The van der Waals surface area contributed by atoms with Gasteiger partial charge < -0.3 is 9.47 Å². The lowest BCUT2D eigenvalue weighted by molar-refractivity contribution is -0.172. The van der Waals surface area contributed by atoms with Gasteiger partial charge in [-0.05, 0) is 97.8 Å². The van der Waals surface area contributed by atoms with Crippen molar-refractivity contribution in [2.45, 2.75) is 96.3 Å². The molecular weight excluding hydrogens is 431 g/mol. The maximum atomic E-state index is 13.3. The van der Waals surface area contributed by atoms with Crippen LogP contribution in [0.1, 0.15) is 94.5 Å². The highest BCUT2D eigenvalue weighted by molar-refractivity contribution is 7.30. The summed E-state index contributed by atoms with van der Waals surface area (Å²) >= 11 is 0. The second kappa shape index (κ2) is 9.33. The van der Waals surface area contributed by atoms with Gasteiger partial charge in [-0.3, -0.25) is 9.59 Å². The van der Waals surface area contributed by atoms with Gasteiger partial charge in [0, 0.05) is 11.8 Å². The molecule has 1 aromatic rings. The summed E-state index contributed by atoms with van der Waals surface area (Å²) < 4.78 is 11.3. The fourth-order valence-corrected chi connectivity index (χ4v) is 8.87. The van der Waals surface area contributed by atoms with E-state index in [2.05, 4.69) is 25.7 Å². The lowest BCUT2D eigenvalue weighted by atomic mass is 9.49. The van der Waals surface area contributed by atoms with Gasteiger partial charge in [0.25, 0.3) is 0 Å². The first-order valence-electron chi connectivity index (χ1n) is 13.3. The molecule has 0 aromatic carbocycles. The minimum atomic E-state index is -1.20. The highest BCUT2D eigenvalue weighted by Crippen LogP contribution is 2.62. The SMILES string of the molecule is CCCCOC(=O)C1(C(=O)OCCCC)Cc2cpc(C34CC5CC(CC(C5)C3)C4)cc2C1. The molecule has 0 amide bonds. The predicted octanol–water partition coefficient (Wildman–Crippen LogP) is 6.51. The Hall–Kier alpha value is -1.41. The van der Waals surface area contributed by atoms with E-state index in [0.717, 1.165) is 49.0 Å². The summed E-state index contributed by atoms with van der Waals surface area (Å²) in [6.45, 7) is 4.90. The lowest BCUT2D eigenvalue weighted by Gasteiger charge is -2.57. The van der Waals surface area contributed by atoms with Crippen molar-refractivity contribution >= 4 is 20.1 Å². The quantitative estimate of drug-likeness (QED) is 0.235. The van der Waals surface area contributed by atoms with Crippen LogP contribution < -0.4 is 0 Å². The van der Waals surface area contributed by atoms with Crippen molar-refractivity contribution in [2.75, 3.05) is 13.2 Å². The molecule has 4 bridgehead atoms. The molecule has 0 spiro atoms. The van der Waals surface area contributed by atoms with Gasteiger partial charge in [0.15, 0.2) is 5.41 Å². The Morgan fingerprint density at radius 1 is 0.879 bits per heavy atom. The molecule has 4 saturated carbocycles. The van der Waals surface area contributed by atoms with E-state index in [1.54, 1.807) is 5.30 Å². The highest BCUT2D eigenvalue weighted by Gasteiger charge is 2.55. The molecule has 0 aliphatic heterocycles. The van der Waals surface area contributed by atoms with E-state index in [9.17, 15) is 9.59 Å². The maximum Gasteiger partial charge on any atom is 0.324 e. The van der Waals surface area contributed by atoms with Crippen LogP contribution in [0.3, 0.4) is 0 Å². The number of carbonyl (C=O) groups is 2. The molecule has 4 nitrogen and oxygen atoms in total. The Kier molecular flexibility index (Phi) is 6.60. The third-order valence-corrected chi connectivity index (χ3v) is 10.2. The first-order chi connectivity index (χ1) is 16.0. The van der Waals surface area contributed by atoms with Gasteiger partial charge in [-0.15, -0.1) is 0 Å². The Morgan fingerprint density at radius 3 is 1.91 bits per heavy atom. The third-order valence-electron chi connectivity index (χ3n) is 8.89. The summed E-state index contributed by atoms with van der Waals surface area (Å²) in [5.74, 6) is 4.25. The van der Waals surface area contributed by atoms with Crippen LogP contribution >= 0.6 is 8.19 Å². The van der Waals surface area contributed by atoms with Crippen molar-refractivity contribution in [3.05, 3.63) is 28.3 Å². The molecule has 0 atom stereocenters. The molecule has 0 unspecified atom stereocenters. The van der Waals surface area contributed by atoms with E-state index < -0.39 is 5.41 Å². The summed E-state index contributed by atoms with van der Waals surface area (Å²) in [4.78, 5) is 26.6. The van der Waals surface area contributed by atoms with Gasteiger partial charge in [0.1, 0.15) is 0 Å². The van der Waals surface area contributed by atoms with Gasteiger partial charge in [0.05, 0.1) is 13.2 Å². The fourth-order valence-electron chi connectivity index (χ4n) is 7.54. The predicted molar refractivity (Wildman–Crippen MR) is 130 cm³/mol. The molecule has 0 radical (unpaired) electrons. The average molecular weight is 471 g/mol. The number of carbonyl (C=O) groups excluding carboxylic acids is 2. The van der Waals surface area contributed by atoms with Crippen LogP contribution in [0.15, 0.2) is 11.9 Å². The van der Waals surface area contributed by atoms with Crippen LogP contribution in [0, 0.1) is 23.2 Å². The summed E-state index contributed by atoms with van der Waals surface area (Å²) in [6, 6.07) is 2.39. The number of esters is 2. The Labute approximate surface area is 200 Å². The molecule has 0 saturated heterocycles. The minimum Gasteiger partial charge on any atom is -0.465 e. The van der Waals surface area contributed by atoms with Crippen molar-refractivity contribution in [3.63, 3.8) is 0 Å². The molecule has 0 N–H and O–H groups in total. The summed E-state index contributed by atoms with van der Waals surface area (Å²) in [5, 5.41) is 1.55. The summed E-state index contributed by atoms with van der Waals surface area (Å²) in [7, 11) is 1.28. The summed E-state index contributed by atoms with van der Waals surface area (Å²) in [6.07, 6.45) is 12.8. The van der Waals surface area contributed by atoms with E-state index in [1.807, 2.05) is 0 Å². The number of ether oxygens (including phenoxy) is 2. The molecule has 4 fully saturated rings. The monoisotopic (exact) mass is 470 g/mol. The van der Waals surface area contributed by atoms with Crippen molar-refractivity contribution < 1.29 is 19.1 Å². The molecule has 180 valence electrons. The second-order valence-corrected chi connectivity index (χ2v) is 12.4. The molecule has 1 heterocycles. The topological polar surface area (TPSA) is 52.6 Å².